The fraction of sp³-hybridized carbons (Fsp3) is 0.364. The summed E-state index contributed by atoms with van der Waals surface area (Å²) < 4.78 is 26.8. The third-order valence-electron chi connectivity index (χ3n) is 4.70. The molecule has 0 atom stereocenters. The van der Waals surface area contributed by atoms with E-state index in [1.807, 2.05) is 19.9 Å². The second-order valence-electron chi connectivity index (χ2n) is 7.65. The first-order valence-electron chi connectivity index (χ1n) is 9.75. The number of amides is 2. The van der Waals surface area contributed by atoms with Gasteiger partial charge in [-0.3, -0.25) is 9.59 Å². The van der Waals surface area contributed by atoms with E-state index in [1.165, 1.54) is 13.1 Å². The first-order valence-corrected chi connectivity index (χ1v) is 11.2. The molecule has 3 N–H and O–H groups in total. The van der Waals surface area contributed by atoms with Crippen molar-refractivity contribution in [3.05, 3.63) is 58.7 Å². The highest BCUT2D eigenvalue weighted by Gasteiger charge is 2.19. The van der Waals surface area contributed by atoms with Crippen LogP contribution in [0.3, 0.4) is 0 Å². The van der Waals surface area contributed by atoms with Crippen molar-refractivity contribution in [2.24, 2.45) is 5.92 Å². The number of carbonyl (C=O) groups is 2. The van der Waals surface area contributed by atoms with E-state index in [-0.39, 0.29) is 34.7 Å². The largest absolute Gasteiger partial charge is 0.348 e. The minimum atomic E-state index is -3.67. The Balaban J connectivity index is 2.13. The van der Waals surface area contributed by atoms with Crippen LogP contribution in [0.1, 0.15) is 47.3 Å². The van der Waals surface area contributed by atoms with Gasteiger partial charge in [0.2, 0.25) is 15.9 Å². The fourth-order valence-corrected chi connectivity index (χ4v) is 4.04. The first-order chi connectivity index (χ1) is 14.0. The smallest absolute Gasteiger partial charge is 0.251 e. The van der Waals surface area contributed by atoms with E-state index in [0.29, 0.717) is 23.2 Å². The Morgan fingerprint density at radius 3 is 2.40 bits per heavy atom. The number of nitrogens with one attached hydrogen (secondary N) is 3. The molecule has 2 rings (SSSR count). The van der Waals surface area contributed by atoms with E-state index in [0.717, 1.165) is 5.56 Å². The molecule has 0 saturated heterocycles. The molecular formula is C22H29N3O4S. The van der Waals surface area contributed by atoms with Crippen LogP contribution < -0.4 is 15.4 Å². The highest BCUT2D eigenvalue weighted by atomic mass is 32.2. The lowest BCUT2D eigenvalue weighted by atomic mass is 10.1. The van der Waals surface area contributed by atoms with E-state index in [4.69, 9.17) is 0 Å². The molecule has 0 aliphatic heterocycles. The van der Waals surface area contributed by atoms with Crippen LogP contribution in [-0.4, -0.2) is 27.3 Å². The predicted octanol–water partition coefficient (Wildman–Crippen LogP) is 3.13. The third-order valence-corrected chi connectivity index (χ3v) is 6.24. The van der Waals surface area contributed by atoms with Crippen molar-refractivity contribution >= 4 is 27.5 Å². The van der Waals surface area contributed by atoms with Crippen LogP contribution in [0.25, 0.3) is 0 Å². The van der Waals surface area contributed by atoms with Gasteiger partial charge >= 0.3 is 0 Å². The fourth-order valence-electron chi connectivity index (χ4n) is 2.97. The number of benzene rings is 2. The van der Waals surface area contributed by atoms with Gasteiger partial charge in [0, 0.05) is 24.2 Å². The van der Waals surface area contributed by atoms with Crippen LogP contribution in [0, 0.1) is 19.8 Å². The van der Waals surface area contributed by atoms with Crippen molar-refractivity contribution < 1.29 is 18.0 Å². The number of anilines is 1. The Kier molecular flexibility index (Phi) is 7.75. The molecule has 0 radical (unpaired) electrons. The minimum Gasteiger partial charge on any atom is -0.348 e. The van der Waals surface area contributed by atoms with Gasteiger partial charge in [-0.25, -0.2) is 13.1 Å². The van der Waals surface area contributed by atoms with E-state index < -0.39 is 10.0 Å². The molecule has 2 aromatic carbocycles. The molecule has 2 aromatic rings. The van der Waals surface area contributed by atoms with Gasteiger partial charge < -0.3 is 10.6 Å². The molecule has 162 valence electrons. The van der Waals surface area contributed by atoms with E-state index >= 15 is 0 Å². The Morgan fingerprint density at radius 2 is 1.77 bits per heavy atom. The molecule has 2 amide bonds. The van der Waals surface area contributed by atoms with Crippen LogP contribution in [0.2, 0.25) is 0 Å². The second kappa shape index (κ2) is 9.86. The van der Waals surface area contributed by atoms with Crippen molar-refractivity contribution in [1.82, 2.24) is 10.0 Å². The van der Waals surface area contributed by atoms with Gasteiger partial charge in [-0.2, -0.15) is 0 Å². The van der Waals surface area contributed by atoms with E-state index in [1.54, 1.807) is 38.1 Å². The van der Waals surface area contributed by atoms with Crippen LogP contribution in [-0.2, 0) is 21.4 Å². The molecule has 8 heteroatoms. The lowest BCUT2D eigenvalue weighted by Gasteiger charge is -2.13. The zero-order valence-electron chi connectivity index (χ0n) is 18.0. The second-order valence-corrected chi connectivity index (χ2v) is 9.51. The summed E-state index contributed by atoms with van der Waals surface area (Å²) in [7, 11) is -2.33. The normalized spacial score (nSPS) is 11.4. The summed E-state index contributed by atoms with van der Waals surface area (Å²) in [6, 6.07) is 10.3. The quantitative estimate of drug-likeness (QED) is 0.597. The maximum Gasteiger partial charge on any atom is 0.251 e. The summed E-state index contributed by atoms with van der Waals surface area (Å²) in [5.74, 6) is -0.165. The summed E-state index contributed by atoms with van der Waals surface area (Å²) in [6.45, 7) is 7.68. The third kappa shape index (κ3) is 6.14. The van der Waals surface area contributed by atoms with E-state index in [9.17, 15) is 18.0 Å². The van der Waals surface area contributed by atoms with Crippen LogP contribution >= 0.6 is 0 Å². The molecule has 7 nitrogen and oxygen atoms in total. The molecular weight excluding hydrogens is 402 g/mol. The molecule has 0 saturated carbocycles. The Labute approximate surface area is 178 Å². The number of hydrogen-bond acceptors (Lipinski definition) is 4. The standard InChI is InChI=1S/C22H29N3O4S/c1-14(2)9-21(26)25-19-8-6-7-17(11-19)13-24-22(27)18-10-15(3)16(4)20(12-18)30(28,29)23-5/h6-8,10-12,14,23H,9,13H2,1-5H3,(H,24,27)(H,25,26). The van der Waals surface area contributed by atoms with Crippen molar-refractivity contribution in [2.75, 3.05) is 12.4 Å². The summed E-state index contributed by atoms with van der Waals surface area (Å²) in [5.41, 5.74) is 3.07. The Hall–Kier alpha value is -2.71. The molecule has 0 aliphatic carbocycles. The molecule has 0 aromatic heterocycles. The molecule has 0 spiro atoms. The Bertz CT molecular complexity index is 1050. The lowest BCUT2D eigenvalue weighted by Crippen LogP contribution is -2.25. The maximum atomic E-state index is 12.6. The average molecular weight is 432 g/mol. The van der Waals surface area contributed by atoms with Crippen molar-refractivity contribution in [3.63, 3.8) is 0 Å². The van der Waals surface area contributed by atoms with Crippen LogP contribution in [0.4, 0.5) is 5.69 Å². The van der Waals surface area contributed by atoms with Crippen LogP contribution in [0.5, 0.6) is 0 Å². The molecule has 0 heterocycles. The Morgan fingerprint density at radius 1 is 1.07 bits per heavy atom. The highest BCUT2D eigenvalue weighted by molar-refractivity contribution is 7.89. The van der Waals surface area contributed by atoms with Gasteiger partial charge in [0.1, 0.15) is 0 Å². The molecule has 30 heavy (non-hydrogen) atoms. The van der Waals surface area contributed by atoms with Crippen molar-refractivity contribution in [2.45, 2.75) is 45.6 Å². The summed E-state index contributed by atoms with van der Waals surface area (Å²) in [5, 5.41) is 5.66. The predicted molar refractivity (Wildman–Crippen MR) is 118 cm³/mol. The van der Waals surface area contributed by atoms with Gasteiger partial charge in [-0.1, -0.05) is 26.0 Å². The lowest BCUT2D eigenvalue weighted by molar-refractivity contribution is -0.116. The zero-order chi connectivity index (χ0) is 22.5. The topological polar surface area (TPSA) is 104 Å². The number of carbonyl (C=O) groups excluding carboxylic acids is 2. The zero-order valence-corrected chi connectivity index (χ0v) is 18.8. The van der Waals surface area contributed by atoms with Crippen molar-refractivity contribution in [1.29, 1.82) is 0 Å². The van der Waals surface area contributed by atoms with Gasteiger partial charge in [0.25, 0.3) is 5.91 Å². The number of sulfonamides is 1. The van der Waals surface area contributed by atoms with Gasteiger partial charge in [-0.05, 0) is 67.8 Å². The van der Waals surface area contributed by atoms with Gasteiger partial charge in [0.15, 0.2) is 0 Å². The van der Waals surface area contributed by atoms with Crippen molar-refractivity contribution in [3.8, 4) is 0 Å². The summed E-state index contributed by atoms with van der Waals surface area (Å²) in [4.78, 5) is 24.7. The summed E-state index contributed by atoms with van der Waals surface area (Å²) >= 11 is 0. The van der Waals surface area contributed by atoms with E-state index in [2.05, 4.69) is 15.4 Å². The molecule has 0 aliphatic rings. The summed E-state index contributed by atoms with van der Waals surface area (Å²) in [6.07, 6.45) is 0.436. The van der Waals surface area contributed by atoms with Gasteiger partial charge in [0.05, 0.1) is 4.90 Å². The molecule has 0 bridgehead atoms. The molecule has 0 unspecified atom stereocenters. The average Bonchev–Trinajstić information content (AvgIpc) is 2.67. The van der Waals surface area contributed by atoms with Gasteiger partial charge in [-0.15, -0.1) is 0 Å². The number of hydrogen-bond donors (Lipinski definition) is 3. The SMILES string of the molecule is CNS(=O)(=O)c1cc(C(=O)NCc2cccc(NC(=O)CC(C)C)c2)cc(C)c1C. The number of rotatable bonds is 8. The first kappa shape index (κ1) is 23.6. The monoisotopic (exact) mass is 431 g/mol. The highest BCUT2D eigenvalue weighted by Crippen LogP contribution is 2.21. The van der Waals surface area contributed by atoms with Crippen LogP contribution in [0.15, 0.2) is 41.3 Å². The number of aryl methyl sites for hydroxylation is 1. The molecule has 0 fully saturated rings. The maximum absolute atomic E-state index is 12.6. The minimum absolute atomic E-state index is 0.0559.